The van der Waals surface area contributed by atoms with Crippen LogP contribution in [0.1, 0.15) is 37.5 Å². The lowest BCUT2D eigenvalue weighted by Gasteiger charge is -2.27. The lowest BCUT2D eigenvalue weighted by atomic mass is 10.2. The van der Waals surface area contributed by atoms with Crippen LogP contribution in [0.4, 0.5) is 5.82 Å². The van der Waals surface area contributed by atoms with Gasteiger partial charge in [0.2, 0.25) is 0 Å². The molecule has 5 heterocycles. The molecule has 148 valence electrons. The molecule has 29 heavy (non-hydrogen) atoms. The van der Waals surface area contributed by atoms with Crippen molar-refractivity contribution in [1.29, 1.82) is 0 Å². The number of nitrogens with zero attached hydrogens (tertiary/aromatic N) is 7. The smallest absolute Gasteiger partial charge is 0.279 e. The molecule has 2 fully saturated rings. The van der Waals surface area contributed by atoms with E-state index >= 15 is 0 Å². The number of hydrogen-bond donors (Lipinski definition) is 1. The standard InChI is InChI=1S/C19H19ClN8O/c20-12-5-7-28-15(12)19(29)27(8-11-3-4-11)17(25-28)13-2-1-6-26(13)18-14-16(22-9-21-14)23-10-24-18/h5,7,9-11,13H,1-4,6,8H2,(H,21,22,23,24)/t13-/m0/s1. The van der Waals surface area contributed by atoms with Crippen LogP contribution >= 0.6 is 11.6 Å². The summed E-state index contributed by atoms with van der Waals surface area (Å²) in [6.45, 7) is 1.52. The monoisotopic (exact) mass is 410 g/mol. The first-order chi connectivity index (χ1) is 14.2. The van der Waals surface area contributed by atoms with Crippen molar-refractivity contribution < 1.29 is 0 Å². The van der Waals surface area contributed by atoms with Crippen LogP contribution in [0.2, 0.25) is 5.02 Å². The number of halogens is 1. The highest BCUT2D eigenvalue weighted by molar-refractivity contribution is 6.33. The average molecular weight is 411 g/mol. The maximum absolute atomic E-state index is 13.3. The Hall–Kier alpha value is -2.94. The minimum atomic E-state index is -0.0712. The van der Waals surface area contributed by atoms with Crippen molar-refractivity contribution in [2.45, 2.75) is 38.3 Å². The van der Waals surface area contributed by atoms with Gasteiger partial charge in [-0.15, -0.1) is 0 Å². The highest BCUT2D eigenvalue weighted by Gasteiger charge is 2.34. The molecule has 1 aliphatic carbocycles. The van der Waals surface area contributed by atoms with Gasteiger partial charge in [0.05, 0.1) is 17.4 Å². The summed E-state index contributed by atoms with van der Waals surface area (Å²) in [6, 6.07) is 1.68. The third-order valence-corrected chi connectivity index (χ3v) is 6.22. The fraction of sp³-hybridized carbons (Fsp3) is 0.421. The van der Waals surface area contributed by atoms with Gasteiger partial charge in [-0.05, 0) is 37.7 Å². The second-order valence-corrected chi connectivity index (χ2v) is 8.23. The summed E-state index contributed by atoms with van der Waals surface area (Å²) in [6.07, 6.45) is 9.12. The number of hydrogen-bond acceptors (Lipinski definition) is 6. The number of nitrogens with one attached hydrogen (secondary N) is 1. The molecule has 0 spiro atoms. The fourth-order valence-corrected chi connectivity index (χ4v) is 4.54. The van der Waals surface area contributed by atoms with E-state index in [0.29, 0.717) is 28.6 Å². The summed E-state index contributed by atoms with van der Waals surface area (Å²) in [5.41, 5.74) is 1.81. The zero-order valence-corrected chi connectivity index (χ0v) is 16.4. The van der Waals surface area contributed by atoms with Gasteiger partial charge in [-0.3, -0.25) is 9.36 Å². The van der Waals surface area contributed by atoms with E-state index in [1.807, 2.05) is 4.57 Å². The van der Waals surface area contributed by atoms with Gasteiger partial charge in [0.15, 0.2) is 17.3 Å². The maximum Gasteiger partial charge on any atom is 0.279 e. The van der Waals surface area contributed by atoms with Crippen molar-refractivity contribution in [3.8, 4) is 0 Å². The van der Waals surface area contributed by atoms with Gasteiger partial charge in [-0.2, -0.15) is 5.10 Å². The molecular formula is C19H19ClN8O. The molecule has 0 amide bonds. The van der Waals surface area contributed by atoms with Crippen LogP contribution in [0, 0.1) is 5.92 Å². The number of H-pyrrole nitrogens is 1. The molecule has 1 saturated carbocycles. The van der Waals surface area contributed by atoms with Gasteiger partial charge >= 0.3 is 0 Å². The summed E-state index contributed by atoms with van der Waals surface area (Å²) in [5.74, 6) is 2.11. The third-order valence-electron chi connectivity index (χ3n) is 5.92. The van der Waals surface area contributed by atoms with E-state index in [1.54, 1.807) is 23.1 Å². The van der Waals surface area contributed by atoms with Crippen molar-refractivity contribution in [3.63, 3.8) is 0 Å². The van der Waals surface area contributed by atoms with Gasteiger partial charge in [0, 0.05) is 19.3 Å². The van der Waals surface area contributed by atoms with Crippen LogP contribution < -0.4 is 10.5 Å². The predicted octanol–water partition coefficient (Wildman–Crippen LogP) is 2.57. The molecule has 1 N–H and O–H groups in total. The SMILES string of the molecule is O=c1c2c(Cl)ccn2nc([C@@H]2CCCN2c2ncnc3nc[nH]c23)n1CC1CC1. The number of imidazole rings is 1. The second-order valence-electron chi connectivity index (χ2n) is 7.82. The van der Waals surface area contributed by atoms with Crippen LogP contribution in [0.3, 0.4) is 0 Å². The normalized spacial score (nSPS) is 19.6. The van der Waals surface area contributed by atoms with Crippen molar-refractivity contribution in [2.24, 2.45) is 5.92 Å². The molecule has 0 radical (unpaired) electrons. The van der Waals surface area contributed by atoms with Crippen molar-refractivity contribution >= 4 is 34.1 Å². The third kappa shape index (κ3) is 2.64. The summed E-state index contributed by atoms with van der Waals surface area (Å²) in [4.78, 5) is 31.7. The minimum absolute atomic E-state index is 0.0478. The Bertz CT molecular complexity index is 1290. The van der Waals surface area contributed by atoms with Crippen molar-refractivity contribution in [2.75, 3.05) is 11.4 Å². The zero-order valence-electron chi connectivity index (χ0n) is 15.6. The van der Waals surface area contributed by atoms with Crippen LogP contribution in [0.5, 0.6) is 0 Å². The molecule has 1 atom stereocenters. The van der Waals surface area contributed by atoms with E-state index in [4.69, 9.17) is 16.7 Å². The second kappa shape index (κ2) is 6.28. The van der Waals surface area contributed by atoms with E-state index < -0.39 is 0 Å². The quantitative estimate of drug-likeness (QED) is 0.555. The van der Waals surface area contributed by atoms with Crippen LogP contribution in [-0.2, 0) is 6.54 Å². The number of fused-ring (bicyclic) bond motifs is 2. The Kier molecular flexibility index (Phi) is 3.67. The van der Waals surface area contributed by atoms with Crippen LogP contribution in [-0.4, -0.2) is 40.7 Å². The van der Waals surface area contributed by atoms with Gasteiger partial charge in [0.1, 0.15) is 17.4 Å². The van der Waals surface area contributed by atoms with Crippen LogP contribution in [0.25, 0.3) is 16.7 Å². The number of rotatable bonds is 4. The Labute approximate surface area is 170 Å². The molecule has 2 aliphatic rings. The molecule has 0 bridgehead atoms. The average Bonchev–Trinajstić information content (AvgIpc) is 3.11. The number of aromatic nitrogens is 7. The molecular weight excluding hydrogens is 392 g/mol. The molecule has 10 heteroatoms. The van der Waals surface area contributed by atoms with E-state index in [-0.39, 0.29) is 11.6 Å². The Morgan fingerprint density at radius 2 is 2.10 bits per heavy atom. The van der Waals surface area contributed by atoms with Gasteiger partial charge in [-0.1, -0.05) is 11.6 Å². The first kappa shape index (κ1) is 17.0. The maximum atomic E-state index is 13.3. The summed E-state index contributed by atoms with van der Waals surface area (Å²) in [5, 5.41) is 5.29. The first-order valence-electron chi connectivity index (χ1n) is 9.89. The Morgan fingerprint density at radius 1 is 1.21 bits per heavy atom. The van der Waals surface area contributed by atoms with Crippen molar-refractivity contribution in [3.05, 3.63) is 46.1 Å². The highest BCUT2D eigenvalue weighted by atomic mass is 35.5. The Morgan fingerprint density at radius 3 is 2.97 bits per heavy atom. The highest BCUT2D eigenvalue weighted by Crippen LogP contribution is 2.37. The van der Waals surface area contributed by atoms with E-state index in [0.717, 1.165) is 49.4 Å². The molecule has 0 aromatic carbocycles. The first-order valence-corrected chi connectivity index (χ1v) is 10.3. The lowest BCUT2D eigenvalue weighted by Crippen LogP contribution is -2.34. The molecule has 9 nitrogen and oxygen atoms in total. The number of anilines is 1. The zero-order chi connectivity index (χ0) is 19.5. The van der Waals surface area contributed by atoms with Gasteiger partial charge < -0.3 is 9.88 Å². The van der Waals surface area contributed by atoms with E-state index in [1.165, 1.54) is 6.33 Å². The Balaban J connectivity index is 1.53. The summed E-state index contributed by atoms with van der Waals surface area (Å²) in [7, 11) is 0. The van der Waals surface area contributed by atoms with E-state index in [2.05, 4.69) is 24.8 Å². The lowest BCUT2D eigenvalue weighted by molar-refractivity contribution is 0.506. The molecule has 0 unspecified atom stereocenters. The number of aromatic amines is 1. The predicted molar refractivity (Wildman–Crippen MR) is 108 cm³/mol. The van der Waals surface area contributed by atoms with Gasteiger partial charge in [0.25, 0.3) is 5.56 Å². The van der Waals surface area contributed by atoms with E-state index in [9.17, 15) is 4.79 Å². The molecule has 6 rings (SSSR count). The molecule has 1 aliphatic heterocycles. The van der Waals surface area contributed by atoms with Crippen molar-refractivity contribution in [1.82, 2.24) is 34.1 Å². The summed E-state index contributed by atoms with van der Waals surface area (Å²) >= 11 is 6.28. The van der Waals surface area contributed by atoms with Crippen LogP contribution in [0.15, 0.2) is 29.7 Å². The summed E-state index contributed by atoms with van der Waals surface area (Å²) < 4.78 is 3.46. The largest absolute Gasteiger partial charge is 0.344 e. The molecule has 1 saturated heterocycles. The minimum Gasteiger partial charge on any atom is -0.344 e. The molecule has 4 aromatic rings. The molecule has 4 aromatic heterocycles. The topological polar surface area (TPSA) is 97.0 Å². The fourth-order valence-electron chi connectivity index (χ4n) is 4.32. The van der Waals surface area contributed by atoms with Gasteiger partial charge in [-0.25, -0.2) is 19.5 Å².